The monoisotopic (exact) mass is 440 g/mol. The number of nitrogens with zero attached hydrogens (tertiary/aromatic N) is 5. The molecule has 0 radical (unpaired) electrons. The fourth-order valence-corrected chi connectivity index (χ4v) is 3.54. The highest BCUT2D eigenvalue weighted by Crippen LogP contribution is 2.34. The molecule has 0 saturated heterocycles. The zero-order chi connectivity index (χ0) is 22.5. The van der Waals surface area contributed by atoms with Gasteiger partial charge in [0.05, 0.1) is 9.82 Å². The molecule has 0 aliphatic carbocycles. The maximum absolute atomic E-state index is 12.8. The number of nitrogens with one attached hydrogen (secondary N) is 1. The standard InChI is InChI=1S/C20H20N6O4S/c1-13(27)24(2)11-15-6-4-5-7-16(15)22-19(28)14-8-9-18(17(10-14)26(29)30)31-20-23-21-12-25(20)3/h4-10,12H,11H2,1-3H3,(H,22,28). The second kappa shape index (κ2) is 9.39. The van der Waals surface area contributed by atoms with Crippen molar-refractivity contribution >= 4 is 35.0 Å². The molecule has 11 heteroatoms. The van der Waals surface area contributed by atoms with Gasteiger partial charge in [-0.3, -0.25) is 19.7 Å². The fourth-order valence-electron chi connectivity index (χ4n) is 2.69. The van der Waals surface area contributed by atoms with E-state index < -0.39 is 10.8 Å². The van der Waals surface area contributed by atoms with Crippen LogP contribution >= 0.6 is 11.8 Å². The molecule has 0 aliphatic heterocycles. The van der Waals surface area contributed by atoms with Gasteiger partial charge in [0.15, 0.2) is 5.16 Å². The largest absolute Gasteiger partial charge is 0.342 e. The highest BCUT2D eigenvalue weighted by atomic mass is 32.2. The third-order valence-corrected chi connectivity index (χ3v) is 5.62. The van der Waals surface area contributed by atoms with Crippen molar-refractivity contribution in [2.45, 2.75) is 23.5 Å². The summed E-state index contributed by atoms with van der Waals surface area (Å²) in [5, 5.41) is 22.5. The summed E-state index contributed by atoms with van der Waals surface area (Å²) in [7, 11) is 3.40. The van der Waals surface area contributed by atoms with Crippen LogP contribution in [0.1, 0.15) is 22.8 Å². The molecule has 2 amide bonds. The van der Waals surface area contributed by atoms with Gasteiger partial charge < -0.3 is 14.8 Å². The summed E-state index contributed by atoms with van der Waals surface area (Å²) in [6, 6.07) is 11.4. The van der Waals surface area contributed by atoms with Gasteiger partial charge in [-0.2, -0.15) is 0 Å². The number of carbonyl (C=O) groups excluding carboxylic acids is 2. The van der Waals surface area contributed by atoms with Crippen molar-refractivity contribution in [3.63, 3.8) is 0 Å². The summed E-state index contributed by atoms with van der Waals surface area (Å²) in [6.07, 6.45) is 1.50. The molecule has 160 valence electrons. The predicted octanol–water partition coefficient (Wildman–Crippen LogP) is 3.11. The molecule has 1 heterocycles. The zero-order valence-electron chi connectivity index (χ0n) is 17.1. The number of amides is 2. The lowest BCUT2D eigenvalue weighted by atomic mass is 10.1. The SMILES string of the molecule is CC(=O)N(C)Cc1ccccc1NC(=O)c1ccc(Sc2nncn2C)c([N+](=O)[O-])c1. The van der Waals surface area contributed by atoms with E-state index in [1.165, 1.54) is 36.4 Å². The van der Waals surface area contributed by atoms with Crippen molar-refractivity contribution in [3.05, 3.63) is 70.0 Å². The lowest BCUT2D eigenvalue weighted by Crippen LogP contribution is -2.24. The number of para-hydroxylation sites is 1. The van der Waals surface area contributed by atoms with Crippen LogP contribution in [-0.4, -0.2) is 43.4 Å². The van der Waals surface area contributed by atoms with E-state index in [2.05, 4.69) is 15.5 Å². The van der Waals surface area contributed by atoms with Crippen molar-refractivity contribution < 1.29 is 14.5 Å². The van der Waals surface area contributed by atoms with E-state index in [1.807, 2.05) is 6.07 Å². The Hall–Kier alpha value is -3.73. The number of carbonyl (C=O) groups is 2. The zero-order valence-corrected chi connectivity index (χ0v) is 17.9. The van der Waals surface area contributed by atoms with Crippen LogP contribution in [0.25, 0.3) is 0 Å². The summed E-state index contributed by atoms with van der Waals surface area (Å²) in [6.45, 7) is 1.78. The van der Waals surface area contributed by atoms with Crippen LogP contribution in [0.15, 0.2) is 58.8 Å². The molecule has 0 atom stereocenters. The maximum atomic E-state index is 12.8. The van der Waals surface area contributed by atoms with E-state index >= 15 is 0 Å². The van der Waals surface area contributed by atoms with Crippen molar-refractivity contribution in [3.8, 4) is 0 Å². The maximum Gasteiger partial charge on any atom is 0.284 e. The van der Waals surface area contributed by atoms with Gasteiger partial charge in [-0.15, -0.1) is 10.2 Å². The average Bonchev–Trinajstić information content (AvgIpc) is 3.13. The summed E-state index contributed by atoms with van der Waals surface area (Å²) in [4.78, 5) is 37.3. The van der Waals surface area contributed by atoms with Crippen LogP contribution < -0.4 is 5.32 Å². The minimum atomic E-state index is -0.536. The Balaban J connectivity index is 1.84. The third-order valence-electron chi connectivity index (χ3n) is 4.50. The number of aryl methyl sites for hydroxylation is 1. The molecule has 10 nitrogen and oxygen atoms in total. The van der Waals surface area contributed by atoms with Gasteiger partial charge in [0.25, 0.3) is 11.6 Å². The molecule has 0 spiro atoms. The number of aromatic nitrogens is 3. The molecular formula is C20H20N6O4S. The average molecular weight is 440 g/mol. The first-order chi connectivity index (χ1) is 14.8. The van der Waals surface area contributed by atoms with Crippen LogP contribution in [0, 0.1) is 10.1 Å². The Morgan fingerprint density at radius 1 is 1.26 bits per heavy atom. The molecule has 3 aromatic rings. The van der Waals surface area contributed by atoms with E-state index in [4.69, 9.17) is 0 Å². The minimum absolute atomic E-state index is 0.104. The highest BCUT2D eigenvalue weighted by Gasteiger charge is 2.20. The Labute approximate surface area is 182 Å². The van der Waals surface area contributed by atoms with Gasteiger partial charge in [0, 0.05) is 44.9 Å². The molecule has 31 heavy (non-hydrogen) atoms. The normalized spacial score (nSPS) is 10.5. The Bertz CT molecular complexity index is 1150. The number of nitro groups is 1. The molecule has 0 unspecified atom stereocenters. The van der Waals surface area contributed by atoms with E-state index in [9.17, 15) is 19.7 Å². The van der Waals surface area contributed by atoms with E-state index in [0.717, 1.165) is 17.3 Å². The first-order valence-corrected chi connectivity index (χ1v) is 9.99. The molecule has 0 saturated carbocycles. The molecular weight excluding hydrogens is 420 g/mol. The number of rotatable bonds is 7. The second-order valence-electron chi connectivity index (χ2n) is 6.75. The minimum Gasteiger partial charge on any atom is -0.342 e. The second-order valence-corrected chi connectivity index (χ2v) is 7.76. The molecule has 0 bridgehead atoms. The number of nitro benzene ring substituents is 1. The van der Waals surface area contributed by atoms with E-state index in [1.54, 1.807) is 36.9 Å². The summed E-state index contributed by atoms with van der Waals surface area (Å²) >= 11 is 1.09. The lowest BCUT2D eigenvalue weighted by molar-refractivity contribution is -0.387. The van der Waals surface area contributed by atoms with Gasteiger partial charge in [0.2, 0.25) is 5.91 Å². The number of hydrogen-bond acceptors (Lipinski definition) is 7. The van der Waals surface area contributed by atoms with Gasteiger partial charge >= 0.3 is 0 Å². The van der Waals surface area contributed by atoms with E-state index in [0.29, 0.717) is 22.3 Å². The molecule has 0 fully saturated rings. The van der Waals surface area contributed by atoms with Gasteiger partial charge in [-0.05, 0) is 35.5 Å². The highest BCUT2D eigenvalue weighted by molar-refractivity contribution is 7.99. The van der Waals surface area contributed by atoms with Crippen molar-refractivity contribution in [1.82, 2.24) is 19.7 Å². The molecule has 3 rings (SSSR count). The van der Waals surface area contributed by atoms with Crippen molar-refractivity contribution in [2.24, 2.45) is 7.05 Å². The van der Waals surface area contributed by atoms with Crippen LogP contribution in [0.5, 0.6) is 0 Å². The van der Waals surface area contributed by atoms with Crippen molar-refractivity contribution in [1.29, 1.82) is 0 Å². The van der Waals surface area contributed by atoms with Gasteiger partial charge in [-0.1, -0.05) is 18.2 Å². The van der Waals surface area contributed by atoms with Crippen LogP contribution in [-0.2, 0) is 18.4 Å². The number of benzene rings is 2. The molecule has 1 N–H and O–H groups in total. The summed E-state index contributed by atoms with van der Waals surface area (Å²) in [5.41, 5.74) is 1.22. The van der Waals surface area contributed by atoms with Gasteiger partial charge in [0.1, 0.15) is 6.33 Å². The Morgan fingerprint density at radius 3 is 2.65 bits per heavy atom. The number of hydrogen-bond donors (Lipinski definition) is 1. The molecule has 1 aromatic heterocycles. The van der Waals surface area contributed by atoms with Gasteiger partial charge in [-0.25, -0.2) is 0 Å². The molecule has 2 aromatic carbocycles. The third kappa shape index (κ3) is 5.25. The van der Waals surface area contributed by atoms with Crippen LogP contribution in [0.4, 0.5) is 11.4 Å². The Kier molecular flexibility index (Phi) is 6.65. The van der Waals surface area contributed by atoms with Crippen molar-refractivity contribution in [2.75, 3.05) is 12.4 Å². The fraction of sp³-hybridized carbons (Fsp3) is 0.200. The number of anilines is 1. The van der Waals surface area contributed by atoms with Crippen LogP contribution in [0.3, 0.4) is 0 Å². The smallest absolute Gasteiger partial charge is 0.284 e. The van der Waals surface area contributed by atoms with Crippen LogP contribution in [0.2, 0.25) is 0 Å². The van der Waals surface area contributed by atoms with E-state index in [-0.39, 0.29) is 17.2 Å². The Morgan fingerprint density at radius 2 is 2.00 bits per heavy atom. The topological polar surface area (TPSA) is 123 Å². The molecule has 0 aliphatic rings. The first kappa shape index (κ1) is 22.0. The summed E-state index contributed by atoms with van der Waals surface area (Å²) in [5.74, 6) is -0.594. The lowest BCUT2D eigenvalue weighted by Gasteiger charge is -2.18. The first-order valence-electron chi connectivity index (χ1n) is 9.17. The predicted molar refractivity (Wildman–Crippen MR) is 115 cm³/mol. The quantitative estimate of drug-likeness (QED) is 0.442. The summed E-state index contributed by atoms with van der Waals surface area (Å²) < 4.78 is 1.64.